The first-order valence-electron chi connectivity index (χ1n) is 6.81. The van der Waals surface area contributed by atoms with Crippen LogP contribution in [0.2, 0.25) is 0 Å². The van der Waals surface area contributed by atoms with Gasteiger partial charge < -0.3 is 20.9 Å². The van der Waals surface area contributed by atoms with Crippen LogP contribution < -0.4 is 15.8 Å². The fraction of sp³-hybridized carbons (Fsp3) is 0.188. The Labute approximate surface area is 123 Å². The number of nitrogen functional groups attached to an aromatic ring is 1. The zero-order valence-electron chi connectivity index (χ0n) is 11.5. The van der Waals surface area contributed by atoms with Crippen molar-refractivity contribution in [2.24, 2.45) is 4.99 Å². The van der Waals surface area contributed by atoms with Crippen molar-refractivity contribution in [1.82, 2.24) is 0 Å². The Balaban J connectivity index is 1.61. The molecule has 0 aliphatic carbocycles. The minimum Gasteiger partial charge on any atom is -0.508 e. The van der Waals surface area contributed by atoms with Crippen molar-refractivity contribution in [3.8, 4) is 11.5 Å². The van der Waals surface area contributed by atoms with Gasteiger partial charge in [-0.25, -0.2) is 0 Å². The maximum Gasteiger partial charge on any atom is 0.145 e. The molecule has 0 bridgehead atoms. The summed E-state index contributed by atoms with van der Waals surface area (Å²) < 4.78 is 5.63. The van der Waals surface area contributed by atoms with Gasteiger partial charge in [0.1, 0.15) is 23.9 Å². The zero-order chi connectivity index (χ0) is 14.7. The normalized spacial score (nSPS) is 15.1. The molecule has 0 saturated heterocycles. The van der Waals surface area contributed by atoms with Gasteiger partial charge >= 0.3 is 0 Å². The van der Waals surface area contributed by atoms with Gasteiger partial charge in [0.05, 0.1) is 5.69 Å². The van der Waals surface area contributed by atoms with Gasteiger partial charge in [0, 0.05) is 12.2 Å². The fourth-order valence-electron chi connectivity index (χ4n) is 2.18. The van der Waals surface area contributed by atoms with Crippen LogP contribution in [0.4, 0.5) is 11.4 Å². The third kappa shape index (κ3) is 3.25. The van der Waals surface area contributed by atoms with E-state index >= 15 is 0 Å². The van der Waals surface area contributed by atoms with E-state index in [4.69, 9.17) is 10.5 Å². The van der Waals surface area contributed by atoms with Gasteiger partial charge in [-0.05, 0) is 42.3 Å². The van der Waals surface area contributed by atoms with Gasteiger partial charge in [-0.1, -0.05) is 12.1 Å². The summed E-state index contributed by atoms with van der Waals surface area (Å²) in [4.78, 5) is 4.51. The molecule has 0 radical (unpaired) electrons. The number of hydrogen-bond donors (Lipinski definition) is 3. The third-order valence-electron chi connectivity index (χ3n) is 3.29. The van der Waals surface area contributed by atoms with E-state index in [0.29, 0.717) is 18.8 Å². The third-order valence-corrected chi connectivity index (χ3v) is 3.29. The molecule has 4 N–H and O–H groups in total. The number of aromatic hydroxyl groups is 1. The smallest absolute Gasteiger partial charge is 0.145 e. The summed E-state index contributed by atoms with van der Waals surface area (Å²) in [6.07, 6.45) is 0.815. The topological polar surface area (TPSA) is 79.9 Å². The van der Waals surface area contributed by atoms with Gasteiger partial charge in [0.2, 0.25) is 0 Å². The van der Waals surface area contributed by atoms with E-state index in [1.54, 1.807) is 12.1 Å². The molecule has 0 spiro atoms. The van der Waals surface area contributed by atoms with Crippen LogP contribution in [0.25, 0.3) is 0 Å². The molecular formula is C16H17N3O2. The van der Waals surface area contributed by atoms with E-state index in [1.807, 2.05) is 30.3 Å². The number of nitrogens with two attached hydrogens (primary N) is 1. The maximum atomic E-state index is 9.24. The molecule has 5 nitrogen and oxygen atoms in total. The van der Waals surface area contributed by atoms with Crippen LogP contribution in [0.3, 0.4) is 0 Å². The first-order valence-corrected chi connectivity index (χ1v) is 6.81. The highest BCUT2D eigenvalue weighted by Crippen LogP contribution is 2.29. The maximum absolute atomic E-state index is 9.24. The van der Waals surface area contributed by atoms with Crippen LogP contribution in [0.5, 0.6) is 11.5 Å². The van der Waals surface area contributed by atoms with E-state index in [9.17, 15) is 5.11 Å². The SMILES string of the molecule is Nc1ccc2c(c1)NC(=NCCc1ccc(O)cc1)CO2. The van der Waals surface area contributed by atoms with Crippen LogP contribution in [-0.4, -0.2) is 24.1 Å². The lowest BCUT2D eigenvalue weighted by Crippen LogP contribution is -2.26. The lowest BCUT2D eigenvalue weighted by atomic mass is 10.1. The Morgan fingerprint density at radius 3 is 2.81 bits per heavy atom. The van der Waals surface area contributed by atoms with Crippen LogP contribution in [0, 0.1) is 0 Å². The minimum atomic E-state index is 0.279. The van der Waals surface area contributed by atoms with Crippen LogP contribution >= 0.6 is 0 Å². The summed E-state index contributed by atoms with van der Waals surface area (Å²) >= 11 is 0. The molecule has 2 aromatic rings. The largest absolute Gasteiger partial charge is 0.508 e. The molecule has 2 aromatic carbocycles. The van der Waals surface area contributed by atoms with E-state index in [0.717, 1.165) is 29.3 Å². The number of fused-ring (bicyclic) bond motifs is 1. The number of rotatable bonds is 3. The summed E-state index contributed by atoms with van der Waals surface area (Å²) in [7, 11) is 0. The van der Waals surface area contributed by atoms with Crippen molar-refractivity contribution in [3.63, 3.8) is 0 Å². The fourth-order valence-corrected chi connectivity index (χ4v) is 2.18. The molecule has 1 heterocycles. The number of nitrogens with zero attached hydrogens (tertiary/aromatic N) is 1. The standard InChI is InChI=1S/C16H17N3O2/c17-12-3-6-15-14(9-12)19-16(10-21-15)18-8-7-11-1-4-13(20)5-2-11/h1-6,9,20H,7-8,10,17H2,(H,18,19). The second-order valence-electron chi connectivity index (χ2n) is 4.91. The average Bonchev–Trinajstić information content (AvgIpc) is 2.49. The van der Waals surface area contributed by atoms with Crippen LogP contribution in [-0.2, 0) is 6.42 Å². The molecule has 0 saturated carbocycles. The summed E-state index contributed by atoms with van der Waals surface area (Å²) in [5.74, 6) is 1.87. The molecular weight excluding hydrogens is 266 g/mol. The second kappa shape index (κ2) is 5.75. The number of nitrogens with one attached hydrogen (secondary N) is 1. The van der Waals surface area contributed by atoms with Crippen LogP contribution in [0.1, 0.15) is 5.56 Å². The summed E-state index contributed by atoms with van der Waals surface area (Å²) in [6.45, 7) is 1.10. The number of ether oxygens (including phenoxy) is 1. The molecule has 1 aliphatic heterocycles. The Hall–Kier alpha value is -2.69. The molecule has 108 valence electrons. The molecule has 0 amide bonds. The lowest BCUT2D eigenvalue weighted by Gasteiger charge is -2.21. The first kappa shape index (κ1) is 13.3. The van der Waals surface area contributed by atoms with Gasteiger partial charge in [0.25, 0.3) is 0 Å². The number of benzene rings is 2. The number of aliphatic imine (C=N–C) groups is 1. The summed E-state index contributed by atoms with van der Waals surface area (Å²) in [5, 5.41) is 12.5. The molecule has 0 aromatic heterocycles. The number of amidine groups is 1. The van der Waals surface area contributed by atoms with Gasteiger partial charge in [-0.3, -0.25) is 4.99 Å². The number of phenolic OH excluding ortho intramolecular Hbond substituents is 1. The van der Waals surface area contributed by atoms with Gasteiger partial charge in [0.15, 0.2) is 0 Å². The molecule has 5 heteroatoms. The number of hydrogen-bond acceptors (Lipinski definition) is 4. The van der Waals surface area contributed by atoms with Gasteiger partial charge in [-0.2, -0.15) is 0 Å². The Bertz CT molecular complexity index is 666. The number of phenols is 1. The van der Waals surface area contributed by atoms with Crippen molar-refractivity contribution < 1.29 is 9.84 Å². The highest BCUT2D eigenvalue weighted by atomic mass is 16.5. The van der Waals surface area contributed by atoms with Crippen molar-refractivity contribution in [3.05, 3.63) is 48.0 Å². The van der Waals surface area contributed by atoms with Gasteiger partial charge in [-0.15, -0.1) is 0 Å². The molecule has 0 unspecified atom stereocenters. The summed E-state index contributed by atoms with van der Waals surface area (Å²) in [6, 6.07) is 12.7. The molecule has 0 atom stereocenters. The Morgan fingerprint density at radius 2 is 2.00 bits per heavy atom. The van der Waals surface area contributed by atoms with Crippen molar-refractivity contribution in [1.29, 1.82) is 0 Å². The summed E-state index contributed by atoms with van der Waals surface area (Å²) in [5.41, 5.74) is 8.44. The average molecular weight is 283 g/mol. The Morgan fingerprint density at radius 1 is 1.19 bits per heavy atom. The molecule has 3 rings (SSSR count). The molecule has 0 fully saturated rings. The van der Waals surface area contributed by atoms with Crippen molar-refractivity contribution >= 4 is 17.2 Å². The quantitative estimate of drug-likeness (QED) is 0.756. The highest BCUT2D eigenvalue weighted by Gasteiger charge is 2.14. The predicted octanol–water partition coefficient (Wildman–Crippen LogP) is 2.42. The van der Waals surface area contributed by atoms with E-state index in [2.05, 4.69) is 10.3 Å². The Kier molecular flexibility index (Phi) is 3.64. The van der Waals surface area contributed by atoms with Crippen LogP contribution in [0.15, 0.2) is 47.5 Å². The molecule has 21 heavy (non-hydrogen) atoms. The predicted molar refractivity (Wildman–Crippen MR) is 84.1 cm³/mol. The lowest BCUT2D eigenvalue weighted by molar-refractivity contribution is 0.372. The highest BCUT2D eigenvalue weighted by molar-refractivity contribution is 6.00. The van der Waals surface area contributed by atoms with E-state index < -0.39 is 0 Å². The van der Waals surface area contributed by atoms with E-state index in [1.165, 1.54) is 0 Å². The first-order chi connectivity index (χ1) is 10.2. The second-order valence-corrected chi connectivity index (χ2v) is 4.91. The minimum absolute atomic E-state index is 0.279. The molecule has 1 aliphatic rings. The zero-order valence-corrected chi connectivity index (χ0v) is 11.5. The monoisotopic (exact) mass is 283 g/mol. The van der Waals surface area contributed by atoms with E-state index in [-0.39, 0.29) is 5.75 Å². The number of anilines is 2. The van der Waals surface area contributed by atoms with Crippen molar-refractivity contribution in [2.75, 3.05) is 24.2 Å². The van der Waals surface area contributed by atoms with Crippen molar-refractivity contribution in [2.45, 2.75) is 6.42 Å².